The molecule has 4 rings (SSSR count). The molecule has 0 aliphatic carbocycles. The molecule has 0 saturated carbocycles. The molecule has 3 aromatic heterocycles. The number of rotatable bonds is 3. The van der Waals surface area contributed by atoms with Crippen LogP contribution in [0.2, 0.25) is 0 Å². The Bertz CT molecular complexity index is 904. The Morgan fingerprint density at radius 3 is 2.88 bits per heavy atom. The van der Waals surface area contributed by atoms with Crippen LogP contribution < -0.4 is 5.56 Å². The normalized spacial score (nSPS) is 14.8. The zero-order chi connectivity index (χ0) is 16.7. The monoisotopic (exact) mass is 325 g/mol. The number of fused-ring (bicyclic) bond motifs is 1. The van der Waals surface area contributed by atoms with Crippen LogP contribution in [0.4, 0.5) is 0 Å². The third-order valence-electron chi connectivity index (χ3n) is 4.45. The van der Waals surface area contributed by atoms with Crippen molar-refractivity contribution in [2.75, 3.05) is 6.54 Å². The molecule has 0 saturated heterocycles. The van der Waals surface area contributed by atoms with Gasteiger partial charge < -0.3 is 14.4 Å². The molecule has 0 aromatic carbocycles. The van der Waals surface area contributed by atoms with E-state index in [1.165, 1.54) is 0 Å². The van der Waals surface area contributed by atoms with Crippen LogP contribution in [0.25, 0.3) is 11.6 Å². The average molecular weight is 325 g/mol. The Morgan fingerprint density at radius 1 is 1.29 bits per heavy atom. The van der Waals surface area contributed by atoms with E-state index in [2.05, 4.69) is 24.8 Å². The van der Waals surface area contributed by atoms with Gasteiger partial charge in [-0.05, 0) is 26.0 Å². The summed E-state index contributed by atoms with van der Waals surface area (Å²) < 4.78 is 5.32. The highest BCUT2D eigenvalue weighted by Gasteiger charge is 2.22. The van der Waals surface area contributed by atoms with E-state index in [9.17, 15) is 4.79 Å². The van der Waals surface area contributed by atoms with Crippen molar-refractivity contribution in [2.45, 2.75) is 33.4 Å². The van der Waals surface area contributed by atoms with E-state index in [-0.39, 0.29) is 5.56 Å². The Kier molecular flexibility index (Phi) is 3.57. The lowest BCUT2D eigenvalue weighted by atomic mass is 10.1. The lowest BCUT2D eigenvalue weighted by molar-refractivity contribution is 0.236. The van der Waals surface area contributed by atoms with Gasteiger partial charge in [0.1, 0.15) is 5.82 Å². The third kappa shape index (κ3) is 2.67. The first-order chi connectivity index (χ1) is 11.6. The molecule has 1 aliphatic rings. The maximum absolute atomic E-state index is 12.4. The van der Waals surface area contributed by atoms with Crippen molar-refractivity contribution in [3.63, 3.8) is 0 Å². The van der Waals surface area contributed by atoms with Crippen LogP contribution in [0.15, 0.2) is 27.6 Å². The van der Waals surface area contributed by atoms with Crippen LogP contribution in [0.1, 0.15) is 28.5 Å². The van der Waals surface area contributed by atoms with E-state index < -0.39 is 0 Å². The van der Waals surface area contributed by atoms with Crippen molar-refractivity contribution in [1.29, 1.82) is 0 Å². The number of aromatic amines is 2. The molecule has 0 unspecified atom stereocenters. The number of H-pyrrole nitrogens is 2. The summed E-state index contributed by atoms with van der Waals surface area (Å²) in [6.07, 6.45) is 2.31. The molecular weight excluding hydrogens is 306 g/mol. The summed E-state index contributed by atoms with van der Waals surface area (Å²) >= 11 is 0. The lowest BCUT2D eigenvalue weighted by Crippen LogP contribution is -2.35. The first-order valence-electron chi connectivity index (χ1n) is 8.00. The van der Waals surface area contributed by atoms with Gasteiger partial charge in [-0.2, -0.15) is 0 Å². The van der Waals surface area contributed by atoms with Gasteiger partial charge in [0.05, 0.1) is 29.8 Å². The fourth-order valence-electron chi connectivity index (χ4n) is 3.05. The maximum Gasteiger partial charge on any atom is 0.256 e. The predicted molar refractivity (Wildman–Crippen MR) is 88.4 cm³/mol. The number of hydrogen-bond acceptors (Lipinski definition) is 5. The van der Waals surface area contributed by atoms with Crippen LogP contribution in [0, 0.1) is 13.8 Å². The van der Waals surface area contributed by atoms with Gasteiger partial charge in [-0.3, -0.25) is 9.69 Å². The second-order valence-electron chi connectivity index (χ2n) is 6.17. The van der Waals surface area contributed by atoms with Crippen LogP contribution >= 0.6 is 0 Å². The number of aryl methyl sites for hydroxylation is 2. The van der Waals surface area contributed by atoms with Gasteiger partial charge in [0.2, 0.25) is 0 Å². The summed E-state index contributed by atoms with van der Waals surface area (Å²) in [6.45, 7) is 6.13. The SMILES string of the molecule is Cc1nc(CN2CCc3nc(-c4ccco4)[nH]c(=O)c3C2)[nH]c1C. The minimum absolute atomic E-state index is 0.0945. The van der Waals surface area contributed by atoms with E-state index in [4.69, 9.17) is 4.42 Å². The molecule has 7 nitrogen and oxygen atoms in total. The van der Waals surface area contributed by atoms with Crippen LogP contribution in [-0.2, 0) is 19.5 Å². The van der Waals surface area contributed by atoms with Crippen LogP contribution in [0.5, 0.6) is 0 Å². The fourth-order valence-corrected chi connectivity index (χ4v) is 3.05. The number of hydrogen-bond donors (Lipinski definition) is 2. The highest BCUT2D eigenvalue weighted by Crippen LogP contribution is 2.20. The number of nitrogens with zero attached hydrogens (tertiary/aromatic N) is 3. The molecule has 0 bridgehead atoms. The van der Waals surface area contributed by atoms with E-state index in [0.717, 1.165) is 41.4 Å². The summed E-state index contributed by atoms with van der Waals surface area (Å²) in [5.41, 5.74) is 3.60. The zero-order valence-electron chi connectivity index (χ0n) is 13.7. The largest absolute Gasteiger partial charge is 0.461 e. The summed E-state index contributed by atoms with van der Waals surface area (Å²) in [5, 5.41) is 0. The van der Waals surface area contributed by atoms with E-state index in [0.29, 0.717) is 24.7 Å². The van der Waals surface area contributed by atoms with Crippen molar-refractivity contribution in [2.24, 2.45) is 0 Å². The van der Waals surface area contributed by atoms with Crippen LogP contribution in [-0.4, -0.2) is 31.4 Å². The zero-order valence-corrected chi connectivity index (χ0v) is 13.7. The molecule has 0 fully saturated rings. The summed E-state index contributed by atoms with van der Waals surface area (Å²) in [5.74, 6) is 2.01. The van der Waals surface area contributed by atoms with E-state index >= 15 is 0 Å². The topological polar surface area (TPSA) is 90.8 Å². The molecule has 0 atom stereocenters. The fraction of sp³-hybridized carbons (Fsp3) is 0.353. The molecule has 1 aliphatic heterocycles. The highest BCUT2D eigenvalue weighted by atomic mass is 16.3. The molecule has 0 radical (unpaired) electrons. The lowest BCUT2D eigenvalue weighted by Gasteiger charge is -2.26. The summed E-state index contributed by atoms with van der Waals surface area (Å²) in [4.78, 5) is 29.9. The number of aromatic nitrogens is 4. The number of imidazole rings is 1. The molecule has 2 N–H and O–H groups in total. The second kappa shape index (κ2) is 5.76. The van der Waals surface area contributed by atoms with Gasteiger partial charge >= 0.3 is 0 Å². The molecular formula is C17H19N5O2. The third-order valence-corrected chi connectivity index (χ3v) is 4.45. The van der Waals surface area contributed by atoms with Crippen molar-refractivity contribution >= 4 is 0 Å². The summed E-state index contributed by atoms with van der Waals surface area (Å²) in [7, 11) is 0. The Labute approximate surface area is 138 Å². The maximum atomic E-state index is 12.4. The van der Waals surface area contributed by atoms with E-state index in [1.54, 1.807) is 18.4 Å². The van der Waals surface area contributed by atoms with Gasteiger partial charge in [0.25, 0.3) is 5.56 Å². The van der Waals surface area contributed by atoms with Crippen molar-refractivity contribution < 1.29 is 4.42 Å². The van der Waals surface area contributed by atoms with Gasteiger partial charge in [-0.1, -0.05) is 0 Å². The molecule has 0 amide bonds. The van der Waals surface area contributed by atoms with E-state index in [1.807, 2.05) is 13.8 Å². The quantitative estimate of drug-likeness (QED) is 0.768. The first-order valence-corrected chi connectivity index (χ1v) is 8.00. The summed E-state index contributed by atoms with van der Waals surface area (Å²) in [6, 6.07) is 3.57. The second-order valence-corrected chi connectivity index (χ2v) is 6.17. The molecule has 4 heterocycles. The number of furan rings is 1. The van der Waals surface area contributed by atoms with Gasteiger partial charge in [-0.15, -0.1) is 0 Å². The minimum Gasteiger partial charge on any atom is -0.461 e. The molecule has 0 spiro atoms. The average Bonchev–Trinajstić information content (AvgIpc) is 3.19. The Balaban J connectivity index is 1.58. The van der Waals surface area contributed by atoms with Crippen molar-refractivity contribution in [3.8, 4) is 11.6 Å². The van der Waals surface area contributed by atoms with Crippen molar-refractivity contribution in [1.82, 2.24) is 24.8 Å². The van der Waals surface area contributed by atoms with Gasteiger partial charge in [-0.25, -0.2) is 9.97 Å². The predicted octanol–water partition coefficient (Wildman–Crippen LogP) is 1.93. The standard InChI is InChI=1S/C17H19N5O2/c1-10-11(2)19-15(18-10)9-22-6-5-13-12(8-22)17(23)21-16(20-13)14-4-3-7-24-14/h3-4,7H,5-6,8-9H2,1-2H3,(H,18,19)(H,20,21,23). The van der Waals surface area contributed by atoms with Gasteiger partial charge in [0.15, 0.2) is 11.6 Å². The Morgan fingerprint density at radius 2 is 2.17 bits per heavy atom. The van der Waals surface area contributed by atoms with Crippen molar-refractivity contribution in [3.05, 3.63) is 57.2 Å². The highest BCUT2D eigenvalue weighted by molar-refractivity contribution is 5.46. The smallest absolute Gasteiger partial charge is 0.256 e. The first kappa shape index (κ1) is 14.9. The molecule has 3 aromatic rings. The van der Waals surface area contributed by atoms with Gasteiger partial charge in [0, 0.05) is 25.2 Å². The van der Waals surface area contributed by atoms with Crippen LogP contribution in [0.3, 0.4) is 0 Å². The number of nitrogens with one attached hydrogen (secondary N) is 2. The molecule has 7 heteroatoms. The molecule has 24 heavy (non-hydrogen) atoms. The molecule has 124 valence electrons. The minimum atomic E-state index is -0.0945. The Hall–Kier alpha value is -2.67.